The molecular weight excluding hydrogens is 344 g/mol. The average Bonchev–Trinajstić information content (AvgIpc) is 2.72. The normalized spacial score (nSPS) is 18.8. The zero-order chi connectivity index (χ0) is 19.8. The summed E-state index contributed by atoms with van der Waals surface area (Å²) in [6, 6.07) is 15.6. The Kier molecular flexibility index (Phi) is 7.42. The van der Waals surface area contributed by atoms with E-state index in [0.717, 1.165) is 18.8 Å². The maximum absolute atomic E-state index is 9.77. The Morgan fingerprint density at radius 3 is 1.89 bits per heavy atom. The monoisotopic (exact) mass is 380 g/mol. The number of unbranched alkanes of at least 4 members (excludes halogenated alkanes) is 5. The minimum atomic E-state index is -0.00741. The van der Waals surface area contributed by atoms with Gasteiger partial charge in [-0.3, -0.25) is 0 Å². The average molecular weight is 381 g/mol. The highest BCUT2D eigenvalue weighted by atomic mass is 16.3. The van der Waals surface area contributed by atoms with Crippen molar-refractivity contribution in [3.05, 3.63) is 59.7 Å². The first-order valence-corrected chi connectivity index (χ1v) is 11.2. The van der Waals surface area contributed by atoms with E-state index in [1.807, 2.05) is 24.3 Å². The number of hydrogen-bond donors (Lipinski definition) is 2. The van der Waals surface area contributed by atoms with Crippen LogP contribution in [0.15, 0.2) is 48.5 Å². The van der Waals surface area contributed by atoms with Gasteiger partial charge in [0.05, 0.1) is 0 Å². The molecule has 2 heteroatoms. The van der Waals surface area contributed by atoms with Gasteiger partial charge in [-0.25, -0.2) is 0 Å². The Balaban J connectivity index is 1.75. The molecule has 0 bridgehead atoms. The Bertz CT molecular complexity index is 657. The minimum Gasteiger partial charge on any atom is -0.508 e. The van der Waals surface area contributed by atoms with E-state index in [1.165, 1.54) is 68.9 Å². The van der Waals surface area contributed by atoms with Crippen LogP contribution >= 0.6 is 0 Å². The van der Waals surface area contributed by atoms with Gasteiger partial charge < -0.3 is 10.2 Å². The van der Waals surface area contributed by atoms with Crippen molar-refractivity contribution >= 4 is 0 Å². The maximum atomic E-state index is 9.77. The quantitative estimate of drug-likeness (QED) is 0.447. The first-order chi connectivity index (χ1) is 13.6. The third-order valence-electron chi connectivity index (χ3n) is 6.66. The summed E-state index contributed by atoms with van der Waals surface area (Å²) in [5.74, 6) is 1.40. The Morgan fingerprint density at radius 2 is 1.32 bits per heavy atom. The molecule has 0 saturated heterocycles. The van der Waals surface area contributed by atoms with Crippen LogP contribution in [0.1, 0.15) is 88.7 Å². The van der Waals surface area contributed by atoms with Crippen LogP contribution in [0.4, 0.5) is 0 Å². The van der Waals surface area contributed by atoms with Crippen LogP contribution in [0, 0.1) is 5.92 Å². The molecule has 2 N–H and O–H groups in total. The van der Waals surface area contributed by atoms with E-state index >= 15 is 0 Å². The van der Waals surface area contributed by atoms with Crippen LogP contribution in [-0.4, -0.2) is 10.2 Å². The van der Waals surface area contributed by atoms with E-state index in [0.29, 0.717) is 11.5 Å². The van der Waals surface area contributed by atoms with Crippen molar-refractivity contribution in [2.45, 2.75) is 83.0 Å². The number of aromatic hydroxyl groups is 2. The smallest absolute Gasteiger partial charge is 0.115 e. The molecule has 1 saturated carbocycles. The first-order valence-electron chi connectivity index (χ1n) is 11.2. The van der Waals surface area contributed by atoms with Gasteiger partial charge in [-0.05, 0) is 54.2 Å². The van der Waals surface area contributed by atoms with Gasteiger partial charge >= 0.3 is 0 Å². The third kappa shape index (κ3) is 5.10. The lowest BCUT2D eigenvalue weighted by molar-refractivity contribution is 0.240. The van der Waals surface area contributed by atoms with Crippen molar-refractivity contribution in [2.75, 3.05) is 0 Å². The second kappa shape index (κ2) is 10.0. The molecular formula is C26H36O2. The molecule has 1 atom stereocenters. The van der Waals surface area contributed by atoms with Crippen molar-refractivity contribution in [3.8, 4) is 11.5 Å². The van der Waals surface area contributed by atoms with Gasteiger partial charge in [0.15, 0.2) is 0 Å². The van der Waals surface area contributed by atoms with E-state index in [1.54, 1.807) is 0 Å². The van der Waals surface area contributed by atoms with Gasteiger partial charge in [0, 0.05) is 5.41 Å². The maximum Gasteiger partial charge on any atom is 0.115 e. The summed E-state index contributed by atoms with van der Waals surface area (Å²) < 4.78 is 0. The molecule has 1 aliphatic rings. The zero-order valence-corrected chi connectivity index (χ0v) is 17.4. The van der Waals surface area contributed by atoms with Crippen molar-refractivity contribution in [1.29, 1.82) is 0 Å². The SMILES string of the molecule is CCCCCCCCC1CCCC(c2ccc(O)cc2)(c2ccc(O)cc2)C1. The van der Waals surface area contributed by atoms with Crippen molar-refractivity contribution in [1.82, 2.24) is 0 Å². The zero-order valence-electron chi connectivity index (χ0n) is 17.4. The molecule has 0 aromatic heterocycles. The summed E-state index contributed by atoms with van der Waals surface area (Å²) in [6.45, 7) is 2.27. The molecule has 1 fully saturated rings. The first kappa shape index (κ1) is 20.8. The van der Waals surface area contributed by atoms with Crippen LogP contribution in [0.3, 0.4) is 0 Å². The molecule has 28 heavy (non-hydrogen) atoms. The predicted octanol–water partition coefficient (Wildman–Crippen LogP) is 7.32. The lowest BCUT2D eigenvalue weighted by atomic mass is 9.61. The van der Waals surface area contributed by atoms with Crippen LogP contribution in [0.25, 0.3) is 0 Å². The topological polar surface area (TPSA) is 40.5 Å². The highest BCUT2D eigenvalue weighted by molar-refractivity contribution is 5.43. The summed E-state index contributed by atoms with van der Waals surface area (Å²) in [5, 5.41) is 19.5. The second-order valence-electron chi connectivity index (χ2n) is 8.69. The van der Waals surface area contributed by atoms with E-state index < -0.39 is 0 Å². The summed E-state index contributed by atoms with van der Waals surface area (Å²) in [5.41, 5.74) is 2.58. The van der Waals surface area contributed by atoms with E-state index in [2.05, 4.69) is 31.2 Å². The van der Waals surface area contributed by atoms with Gasteiger partial charge in [-0.15, -0.1) is 0 Å². The van der Waals surface area contributed by atoms with E-state index in [9.17, 15) is 10.2 Å². The largest absolute Gasteiger partial charge is 0.508 e. The number of benzene rings is 2. The van der Waals surface area contributed by atoms with Gasteiger partial charge in [0.25, 0.3) is 0 Å². The number of phenols is 2. The fraction of sp³-hybridized carbons (Fsp3) is 0.538. The van der Waals surface area contributed by atoms with Crippen LogP contribution < -0.4 is 0 Å². The van der Waals surface area contributed by atoms with Gasteiger partial charge in [0.2, 0.25) is 0 Å². The van der Waals surface area contributed by atoms with Gasteiger partial charge in [-0.2, -0.15) is 0 Å². The van der Waals surface area contributed by atoms with Gasteiger partial charge in [0.1, 0.15) is 11.5 Å². The fourth-order valence-electron chi connectivity index (χ4n) is 5.10. The molecule has 3 rings (SSSR count). The highest BCUT2D eigenvalue weighted by Crippen LogP contribution is 2.48. The molecule has 0 radical (unpaired) electrons. The van der Waals surface area contributed by atoms with Crippen LogP contribution in [0.2, 0.25) is 0 Å². The molecule has 2 nitrogen and oxygen atoms in total. The Labute approximate surface area is 170 Å². The molecule has 1 aliphatic carbocycles. The third-order valence-corrected chi connectivity index (χ3v) is 6.66. The summed E-state index contributed by atoms with van der Waals surface area (Å²) in [4.78, 5) is 0. The summed E-state index contributed by atoms with van der Waals surface area (Å²) >= 11 is 0. The molecule has 152 valence electrons. The fourth-order valence-corrected chi connectivity index (χ4v) is 5.10. The van der Waals surface area contributed by atoms with E-state index in [4.69, 9.17) is 0 Å². The summed E-state index contributed by atoms with van der Waals surface area (Å²) in [6.07, 6.45) is 14.3. The summed E-state index contributed by atoms with van der Waals surface area (Å²) in [7, 11) is 0. The Morgan fingerprint density at radius 1 is 0.786 bits per heavy atom. The molecule has 0 aliphatic heterocycles. The molecule has 1 unspecified atom stereocenters. The molecule has 0 amide bonds. The number of phenolic OH excluding ortho intramolecular Hbond substituents is 2. The molecule has 2 aromatic rings. The highest BCUT2D eigenvalue weighted by Gasteiger charge is 2.39. The van der Waals surface area contributed by atoms with Crippen molar-refractivity contribution in [2.24, 2.45) is 5.92 Å². The number of hydrogen-bond acceptors (Lipinski definition) is 2. The molecule has 2 aromatic carbocycles. The van der Waals surface area contributed by atoms with E-state index in [-0.39, 0.29) is 5.41 Å². The number of rotatable bonds is 9. The molecule has 0 heterocycles. The molecule has 0 spiro atoms. The van der Waals surface area contributed by atoms with Crippen LogP contribution in [-0.2, 0) is 5.41 Å². The second-order valence-corrected chi connectivity index (χ2v) is 8.69. The van der Waals surface area contributed by atoms with Crippen molar-refractivity contribution in [3.63, 3.8) is 0 Å². The lowest BCUT2D eigenvalue weighted by Crippen LogP contribution is -2.34. The standard InChI is InChI=1S/C26H36O2/c1-2-3-4-5-6-7-9-21-10-8-19-26(20-21,22-11-15-24(27)16-12-22)23-13-17-25(28)18-14-23/h11-18,21,27-28H,2-10,19-20H2,1H3. The predicted molar refractivity (Wildman–Crippen MR) is 117 cm³/mol. The van der Waals surface area contributed by atoms with Gasteiger partial charge in [-0.1, -0.05) is 89.0 Å². The minimum absolute atomic E-state index is 0.00741. The lowest BCUT2D eigenvalue weighted by Gasteiger charge is -2.42. The Hall–Kier alpha value is -1.96. The van der Waals surface area contributed by atoms with Crippen molar-refractivity contribution < 1.29 is 10.2 Å². The van der Waals surface area contributed by atoms with Crippen LogP contribution in [0.5, 0.6) is 11.5 Å².